The van der Waals surface area contributed by atoms with E-state index in [-0.39, 0.29) is 0 Å². The number of alkyl halides is 5. The molecule has 0 spiro atoms. The SMILES string of the molecule is CC(C)C(C(=O)OCC(F)C(C)F)C(F)(F)F. The van der Waals surface area contributed by atoms with Crippen molar-refractivity contribution < 1.29 is 31.5 Å². The van der Waals surface area contributed by atoms with Crippen LogP contribution in [0, 0.1) is 11.8 Å². The predicted molar refractivity (Wildman–Crippen MR) is 50.8 cm³/mol. The molecule has 0 rings (SSSR count). The Morgan fingerprint density at radius 1 is 1.18 bits per heavy atom. The van der Waals surface area contributed by atoms with Crippen LogP contribution in [-0.4, -0.2) is 31.1 Å². The average Bonchev–Trinajstić information content (AvgIpc) is 2.10. The molecule has 0 saturated carbocycles. The Morgan fingerprint density at radius 3 is 1.94 bits per heavy atom. The molecule has 0 aliphatic rings. The highest BCUT2D eigenvalue weighted by atomic mass is 19.4. The van der Waals surface area contributed by atoms with E-state index in [9.17, 15) is 26.7 Å². The van der Waals surface area contributed by atoms with E-state index in [2.05, 4.69) is 4.74 Å². The lowest BCUT2D eigenvalue weighted by Gasteiger charge is -2.22. The Kier molecular flexibility index (Phi) is 5.84. The summed E-state index contributed by atoms with van der Waals surface area (Å²) in [4.78, 5) is 11.1. The van der Waals surface area contributed by atoms with Crippen LogP contribution in [0.5, 0.6) is 0 Å². The number of halogens is 5. The Morgan fingerprint density at radius 2 is 1.65 bits per heavy atom. The van der Waals surface area contributed by atoms with Crippen LogP contribution in [0.4, 0.5) is 22.0 Å². The lowest BCUT2D eigenvalue weighted by Crippen LogP contribution is -2.37. The second kappa shape index (κ2) is 6.16. The second-order valence-corrected chi connectivity index (χ2v) is 4.09. The number of hydrogen-bond donors (Lipinski definition) is 0. The highest BCUT2D eigenvalue weighted by Gasteiger charge is 2.48. The van der Waals surface area contributed by atoms with Crippen LogP contribution < -0.4 is 0 Å². The van der Waals surface area contributed by atoms with Gasteiger partial charge in [0.25, 0.3) is 0 Å². The monoisotopic (exact) mass is 262 g/mol. The van der Waals surface area contributed by atoms with E-state index in [1.807, 2.05) is 0 Å². The lowest BCUT2D eigenvalue weighted by molar-refractivity contribution is -0.206. The van der Waals surface area contributed by atoms with E-state index in [0.29, 0.717) is 0 Å². The van der Waals surface area contributed by atoms with Crippen LogP contribution in [0.2, 0.25) is 0 Å². The highest BCUT2D eigenvalue weighted by molar-refractivity contribution is 5.73. The quantitative estimate of drug-likeness (QED) is 0.562. The first-order valence-electron chi connectivity index (χ1n) is 5.08. The third kappa shape index (κ3) is 5.32. The van der Waals surface area contributed by atoms with Crippen molar-refractivity contribution in [3.05, 3.63) is 0 Å². The number of ether oxygens (including phenoxy) is 1. The van der Waals surface area contributed by atoms with E-state index >= 15 is 0 Å². The summed E-state index contributed by atoms with van der Waals surface area (Å²) in [7, 11) is 0. The maximum Gasteiger partial charge on any atom is 0.402 e. The summed E-state index contributed by atoms with van der Waals surface area (Å²) in [5.41, 5.74) is 0. The minimum Gasteiger partial charge on any atom is -0.462 e. The van der Waals surface area contributed by atoms with Gasteiger partial charge in [-0.3, -0.25) is 4.79 Å². The summed E-state index contributed by atoms with van der Waals surface area (Å²) >= 11 is 0. The summed E-state index contributed by atoms with van der Waals surface area (Å²) in [6, 6.07) is 0. The predicted octanol–water partition coefficient (Wildman–Crippen LogP) is 3.06. The van der Waals surface area contributed by atoms with E-state index < -0.39 is 42.9 Å². The fourth-order valence-electron chi connectivity index (χ4n) is 1.17. The van der Waals surface area contributed by atoms with Gasteiger partial charge in [0.2, 0.25) is 0 Å². The van der Waals surface area contributed by atoms with Crippen LogP contribution in [0.15, 0.2) is 0 Å². The standard InChI is InChI=1S/C10H15F5O2/c1-5(2)8(10(13,14)15)9(16)17-4-7(12)6(3)11/h5-8H,4H2,1-3H3. The summed E-state index contributed by atoms with van der Waals surface area (Å²) in [6.07, 6.45) is -8.76. The van der Waals surface area contributed by atoms with Gasteiger partial charge < -0.3 is 4.74 Å². The summed E-state index contributed by atoms with van der Waals surface area (Å²) < 4.78 is 66.5. The van der Waals surface area contributed by atoms with Gasteiger partial charge >= 0.3 is 12.1 Å². The topological polar surface area (TPSA) is 26.3 Å². The zero-order chi connectivity index (χ0) is 13.8. The van der Waals surface area contributed by atoms with Gasteiger partial charge in [-0.2, -0.15) is 13.2 Å². The molecule has 3 atom stereocenters. The maximum absolute atomic E-state index is 12.7. The van der Waals surface area contributed by atoms with Crippen molar-refractivity contribution in [2.45, 2.75) is 39.3 Å². The molecule has 0 bridgehead atoms. The fraction of sp³-hybridized carbons (Fsp3) is 0.900. The van der Waals surface area contributed by atoms with Crippen LogP contribution in [-0.2, 0) is 9.53 Å². The third-order valence-corrected chi connectivity index (χ3v) is 2.16. The molecule has 3 unspecified atom stereocenters. The van der Waals surface area contributed by atoms with Gasteiger partial charge in [0.15, 0.2) is 12.1 Å². The fourth-order valence-corrected chi connectivity index (χ4v) is 1.17. The van der Waals surface area contributed by atoms with E-state index in [4.69, 9.17) is 0 Å². The van der Waals surface area contributed by atoms with Crippen molar-refractivity contribution in [1.29, 1.82) is 0 Å². The molecule has 0 fully saturated rings. The molecule has 0 aliphatic heterocycles. The summed E-state index contributed by atoms with van der Waals surface area (Å²) in [5.74, 6) is -4.91. The molecule has 0 amide bonds. The first-order chi connectivity index (χ1) is 7.57. The minimum absolute atomic E-state index is 0.891. The molecule has 0 saturated heterocycles. The van der Waals surface area contributed by atoms with Gasteiger partial charge in [0.1, 0.15) is 12.8 Å². The van der Waals surface area contributed by atoms with Gasteiger partial charge in [-0.1, -0.05) is 13.8 Å². The van der Waals surface area contributed by atoms with Gasteiger partial charge in [0.05, 0.1) is 0 Å². The van der Waals surface area contributed by atoms with Crippen molar-refractivity contribution in [2.24, 2.45) is 11.8 Å². The first kappa shape index (κ1) is 16.1. The van der Waals surface area contributed by atoms with Gasteiger partial charge in [0, 0.05) is 0 Å². The van der Waals surface area contributed by atoms with Crippen LogP contribution >= 0.6 is 0 Å². The second-order valence-electron chi connectivity index (χ2n) is 4.09. The number of carbonyl (C=O) groups excluding carboxylic acids is 1. The van der Waals surface area contributed by atoms with Crippen molar-refractivity contribution in [3.63, 3.8) is 0 Å². The molecular weight excluding hydrogens is 247 g/mol. The van der Waals surface area contributed by atoms with Gasteiger partial charge in [-0.05, 0) is 12.8 Å². The number of rotatable bonds is 5. The molecule has 0 aromatic carbocycles. The Balaban J connectivity index is 4.46. The summed E-state index contributed by atoms with van der Waals surface area (Å²) in [5, 5.41) is 0. The molecule has 0 heterocycles. The Hall–Kier alpha value is -0.880. The van der Waals surface area contributed by atoms with E-state index in [1.54, 1.807) is 0 Å². The largest absolute Gasteiger partial charge is 0.462 e. The van der Waals surface area contributed by atoms with Crippen molar-refractivity contribution >= 4 is 5.97 Å². The smallest absolute Gasteiger partial charge is 0.402 e. The zero-order valence-corrected chi connectivity index (χ0v) is 9.72. The van der Waals surface area contributed by atoms with Crippen molar-refractivity contribution in [2.75, 3.05) is 6.61 Å². The van der Waals surface area contributed by atoms with Gasteiger partial charge in [-0.25, -0.2) is 8.78 Å². The van der Waals surface area contributed by atoms with Gasteiger partial charge in [-0.15, -0.1) is 0 Å². The molecule has 7 heteroatoms. The number of hydrogen-bond acceptors (Lipinski definition) is 2. The molecule has 0 aliphatic carbocycles. The zero-order valence-electron chi connectivity index (χ0n) is 9.72. The van der Waals surface area contributed by atoms with Crippen LogP contribution in [0.1, 0.15) is 20.8 Å². The average molecular weight is 262 g/mol. The van der Waals surface area contributed by atoms with Crippen molar-refractivity contribution in [1.82, 2.24) is 0 Å². The normalized spacial score (nSPS) is 17.7. The molecule has 2 nitrogen and oxygen atoms in total. The van der Waals surface area contributed by atoms with E-state index in [1.165, 1.54) is 13.8 Å². The maximum atomic E-state index is 12.7. The Bertz CT molecular complexity index is 250. The molecular formula is C10H15F5O2. The Labute approximate surface area is 96.1 Å². The van der Waals surface area contributed by atoms with Crippen LogP contribution in [0.25, 0.3) is 0 Å². The van der Waals surface area contributed by atoms with Crippen LogP contribution in [0.3, 0.4) is 0 Å². The molecule has 17 heavy (non-hydrogen) atoms. The molecule has 0 aromatic rings. The molecule has 102 valence electrons. The highest BCUT2D eigenvalue weighted by Crippen LogP contribution is 2.33. The minimum atomic E-state index is -4.75. The number of carbonyl (C=O) groups is 1. The molecule has 0 aromatic heterocycles. The molecule has 0 N–H and O–H groups in total. The number of esters is 1. The summed E-state index contributed by atoms with van der Waals surface area (Å²) in [6.45, 7) is 2.28. The molecule has 0 radical (unpaired) electrons. The third-order valence-electron chi connectivity index (χ3n) is 2.16. The first-order valence-corrected chi connectivity index (χ1v) is 5.08. The van der Waals surface area contributed by atoms with E-state index in [0.717, 1.165) is 6.92 Å². The lowest BCUT2D eigenvalue weighted by atomic mass is 9.95. The van der Waals surface area contributed by atoms with Crippen molar-refractivity contribution in [3.8, 4) is 0 Å².